The molecular formula is C20H23NO3. The van der Waals surface area contributed by atoms with Crippen LogP contribution in [0, 0.1) is 0 Å². The van der Waals surface area contributed by atoms with Crippen molar-refractivity contribution in [3.05, 3.63) is 65.7 Å². The fraction of sp³-hybridized carbons (Fsp3) is 0.350. The smallest absolute Gasteiger partial charge is 0.310 e. The molecule has 4 heteroatoms. The molecule has 0 unspecified atom stereocenters. The Bertz CT molecular complexity index is 651. The van der Waals surface area contributed by atoms with Gasteiger partial charge in [0.05, 0.1) is 6.42 Å². The molecule has 0 aromatic heterocycles. The van der Waals surface area contributed by atoms with E-state index in [1.54, 1.807) is 0 Å². The van der Waals surface area contributed by atoms with Gasteiger partial charge in [0.2, 0.25) is 0 Å². The molecule has 0 radical (unpaired) electrons. The van der Waals surface area contributed by atoms with E-state index in [9.17, 15) is 4.79 Å². The van der Waals surface area contributed by atoms with E-state index in [1.165, 1.54) is 0 Å². The summed E-state index contributed by atoms with van der Waals surface area (Å²) in [4.78, 5) is 12.1. The van der Waals surface area contributed by atoms with Crippen LogP contribution < -0.4 is 10.1 Å². The van der Waals surface area contributed by atoms with Crippen LogP contribution in [0.1, 0.15) is 24.0 Å². The second-order valence-corrected chi connectivity index (χ2v) is 6.00. The third-order valence-electron chi connectivity index (χ3n) is 4.13. The highest BCUT2D eigenvalue weighted by Crippen LogP contribution is 2.22. The molecule has 24 heavy (non-hydrogen) atoms. The van der Waals surface area contributed by atoms with Crippen LogP contribution in [0.5, 0.6) is 5.75 Å². The highest BCUT2D eigenvalue weighted by atomic mass is 16.5. The first-order valence-electron chi connectivity index (χ1n) is 8.46. The molecular weight excluding hydrogens is 302 g/mol. The van der Waals surface area contributed by atoms with Crippen LogP contribution in [0.3, 0.4) is 0 Å². The van der Waals surface area contributed by atoms with Gasteiger partial charge in [0.25, 0.3) is 0 Å². The second-order valence-electron chi connectivity index (χ2n) is 6.00. The number of piperidine rings is 1. The zero-order valence-electron chi connectivity index (χ0n) is 13.7. The number of carbonyl (C=O) groups is 1. The summed E-state index contributed by atoms with van der Waals surface area (Å²) in [6.45, 7) is 2.26. The van der Waals surface area contributed by atoms with Gasteiger partial charge in [-0.15, -0.1) is 0 Å². The summed E-state index contributed by atoms with van der Waals surface area (Å²) in [5.41, 5.74) is 1.87. The van der Waals surface area contributed by atoms with Crippen LogP contribution in [0.15, 0.2) is 54.6 Å². The lowest BCUT2D eigenvalue weighted by molar-refractivity contribution is -0.144. The first-order valence-corrected chi connectivity index (χ1v) is 8.46. The Morgan fingerprint density at radius 1 is 1.00 bits per heavy atom. The first kappa shape index (κ1) is 16.5. The van der Waals surface area contributed by atoms with Crippen LogP contribution in [0.2, 0.25) is 0 Å². The van der Waals surface area contributed by atoms with Gasteiger partial charge in [-0.1, -0.05) is 48.5 Å². The van der Waals surface area contributed by atoms with Crippen molar-refractivity contribution < 1.29 is 14.3 Å². The molecule has 1 N–H and O–H groups in total. The van der Waals surface area contributed by atoms with Crippen LogP contribution in [0.25, 0.3) is 0 Å². The van der Waals surface area contributed by atoms with E-state index in [0.717, 1.165) is 42.8 Å². The van der Waals surface area contributed by atoms with Gasteiger partial charge < -0.3 is 14.8 Å². The Morgan fingerprint density at radius 2 is 1.71 bits per heavy atom. The molecule has 126 valence electrons. The number of ether oxygens (including phenoxy) is 2. The van der Waals surface area contributed by atoms with Gasteiger partial charge in [0, 0.05) is 5.56 Å². The highest BCUT2D eigenvalue weighted by Gasteiger charge is 2.17. The zero-order valence-corrected chi connectivity index (χ0v) is 13.7. The van der Waals surface area contributed by atoms with Gasteiger partial charge in [0.15, 0.2) is 0 Å². The van der Waals surface area contributed by atoms with Gasteiger partial charge in [-0.2, -0.15) is 0 Å². The Balaban J connectivity index is 1.56. The quantitative estimate of drug-likeness (QED) is 0.829. The summed E-state index contributed by atoms with van der Waals surface area (Å²) in [7, 11) is 0. The van der Waals surface area contributed by atoms with Crippen LogP contribution in [-0.2, 0) is 22.6 Å². The lowest BCUT2D eigenvalue weighted by Crippen LogP contribution is -2.34. The van der Waals surface area contributed by atoms with E-state index in [2.05, 4.69) is 5.32 Å². The van der Waals surface area contributed by atoms with Crippen molar-refractivity contribution >= 4 is 5.97 Å². The SMILES string of the molecule is O=C(Cc1ccccc1OC1CCNCC1)OCc1ccccc1. The van der Waals surface area contributed by atoms with E-state index in [-0.39, 0.29) is 18.5 Å². The molecule has 0 aliphatic carbocycles. The van der Waals surface area contributed by atoms with Gasteiger partial charge in [-0.3, -0.25) is 4.79 Å². The summed E-state index contributed by atoms with van der Waals surface area (Å²) in [5, 5.41) is 3.33. The van der Waals surface area contributed by atoms with E-state index >= 15 is 0 Å². The molecule has 1 aliphatic rings. The minimum Gasteiger partial charge on any atom is -0.490 e. The average molecular weight is 325 g/mol. The highest BCUT2D eigenvalue weighted by molar-refractivity contribution is 5.73. The van der Waals surface area contributed by atoms with Crippen molar-refractivity contribution in [2.45, 2.75) is 32.0 Å². The Labute approximate surface area is 142 Å². The molecule has 2 aromatic carbocycles. The van der Waals surface area contributed by atoms with Gasteiger partial charge >= 0.3 is 5.97 Å². The summed E-state index contributed by atoms with van der Waals surface area (Å²) in [6.07, 6.45) is 2.43. The maximum absolute atomic E-state index is 12.1. The number of hydrogen-bond donors (Lipinski definition) is 1. The fourth-order valence-electron chi connectivity index (χ4n) is 2.80. The standard InChI is InChI=1S/C20H23NO3/c22-20(23-15-16-6-2-1-3-7-16)14-17-8-4-5-9-19(17)24-18-10-12-21-13-11-18/h1-9,18,21H,10-15H2. The Morgan fingerprint density at radius 3 is 2.50 bits per heavy atom. The van der Waals surface area contributed by atoms with Crippen LogP contribution in [-0.4, -0.2) is 25.2 Å². The predicted octanol–water partition coefficient (Wildman–Crippen LogP) is 3.10. The molecule has 2 aromatic rings. The predicted molar refractivity (Wildman–Crippen MR) is 92.9 cm³/mol. The number of esters is 1. The van der Waals surface area contributed by atoms with Crippen molar-refractivity contribution in [2.24, 2.45) is 0 Å². The van der Waals surface area contributed by atoms with Crippen molar-refractivity contribution in [3.63, 3.8) is 0 Å². The first-order chi connectivity index (χ1) is 11.8. The number of carbonyl (C=O) groups excluding carboxylic acids is 1. The Hall–Kier alpha value is -2.33. The van der Waals surface area contributed by atoms with Crippen molar-refractivity contribution in [1.29, 1.82) is 0 Å². The third-order valence-corrected chi connectivity index (χ3v) is 4.13. The van der Waals surface area contributed by atoms with E-state index in [4.69, 9.17) is 9.47 Å². The summed E-state index contributed by atoms with van der Waals surface area (Å²) in [5.74, 6) is 0.557. The minimum atomic E-state index is -0.236. The third kappa shape index (κ3) is 4.83. The van der Waals surface area contributed by atoms with Gasteiger partial charge in [-0.05, 0) is 37.6 Å². The lowest BCUT2D eigenvalue weighted by atomic mass is 10.1. The van der Waals surface area contributed by atoms with Gasteiger partial charge in [0.1, 0.15) is 18.5 Å². The number of benzene rings is 2. The number of nitrogens with one attached hydrogen (secondary N) is 1. The van der Waals surface area contributed by atoms with Crippen molar-refractivity contribution in [3.8, 4) is 5.75 Å². The lowest BCUT2D eigenvalue weighted by Gasteiger charge is -2.25. The van der Waals surface area contributed by atoms with Gasteiger partial charge in [-0.25, -0.2) is 0 Å². The average Bonchev–Trinajstić information content (AvgIpc) is 2.63. The summed E-state index contributed by atoms with van der Waals surface area (Å²) in [6, 6.07) is 17.4. The molecule has 1 saturated heterocycles. The summed E-state index contributed by atoms with van der Waals surface area (Å²) >= 11 is 0. The van der Waals surface area contributed by atoms with Crippen molar-refractivity contribution in [2.75, 3.05) is 13.1 Å². The van der Waals surface area contributed by atoms with E-state index in [0.29, 0.717) is 6.61 Å². The second kappa shape index (κ2) is 8.50. The largest absolute Gasteiger partial charge is 0.490 e. The topological polar surface area (TPSA) is 47.6 Å². The van der Waals surface area contributed by atoms with Crippen molar-refractivity contribution in [1.82, 2.24) is 5.32 Å². The molecule has 0 spiro atoms. The van der Waals surface area contributed by atoms with Crippen LogP contribution in [0.4, 0.5) is 0 Å². The maximum Gasteiger partial charge on any atom is 0.310 e. The number of hydrogen-bond acceptors (Lipinski definition) is 4. The molecule has 0 atom stereocenters. The molecule has 1 heterocycles. The minimum absolute atomic E-state index is 0.215. The number of rotatable bonds is 6. The molecule has 0 saturated carbocycles. The number of para-hydroxylation sites is 1. The molecule has 0 amide bonds. The normalized spacial score (nSPS) is 15.0. The maximum atomic E-state index is 12.1. The molecule has 1 aliphatic heterocycles. The van der Waals surface area contributed by atoms with E-state index in [1.807, 2.05) is 54.6 Å². The summed E-state index contributed by atoms with van der Waals surface area (Å²) < 4.78 is 11.5. The Kier molecular flexibility index (Phi) is 5.85. The fourth-order valence-corrected chi connectivity index (χ4v) is 2.80. The van der Waals surface area contributed by atoms with Crippen LogP contribution >= 0.6 is 0 Å². The monoisotopic (exact) mass is 325 g/mol. The van der Waals surface area contributed by atoms with E-state index < -0.39 is 0 Å². The molecule has 3 rings (SSSR count). The zero-order chi connectivity index (χ0) is 16.6. The molecule has 4 nitrogen and oxygen atoms in total. The molecule has 0 bridgehead atoms. The molecule has 1 fully saturated rings.